The van der Waals surface area contributed by atoms with Gasteiger partial charge < -0.3 is 17.7 Å². The van der Waals surface area contributed by atoms with Crippen molar-refractivity contribution in [1.82, 2.24) is 0 Å². The number of hydrogen-bond donors (Lipinski definition) is 0. The first kappa shape index (κ1) is 14.1. The molecule has 5 heteroatoms. The van der Waals surface area contributed by atoms with Crippen LogP contribution in [0.4, 0.5) is 0 Å². The summed E-state index contributed by atoms with van der Waals surface area (Å²) < 4.78 is 21.1. The smallest absolute Gasteiger partial charge is 0.355 e. The minimum atomic E-state index is -2.83. The molecule has 0 aliphatic rings. The summed E-state index contributed by atoms with van der Waals surface area (Å²) in [6.45, 7) is 4.16. The molecule has 0 spiro atoms. The van der Waals surface area contributed by atoms with Crippen LogP contribution in [0.1, 0.15) is 33.1 Å². The zero-order valence-electron chi connectivity index (χ0n) is 9.83. The fourth-order valence-corrected chi connectivity index (χ4v) is 2.59. The zero-order valence-corrected chi connectivity index (χ0v) is 10.8. The fraction of sp³-hybridized carbons (Fsp3) is 1.00. The Bertz CT molecular complexity index is 131. The molecule has 0 saturated carbocycles. The van der Waals surface area contributed by atoms with Gasteiger partial charge in [0.05, 0.1) is 0 Å². The van der Waals surface area contributed by atoms with Crippen LogP contribution in [-0.4, -0.2) is 36.5 Å². The van der Waals surface area contributed by atoms with Crippen LogP contribution in [0.3, 0.4) is 0 Å². The quantitative estimate of drug-likeness (QED) is 0.588. The Morgan fingerprint density at radius 1 is 1.07 bits per heavy atom. The van der Waals surface area contributed by atoms with E-state index in [1.54, 1.807) is 21.3 Å². The zero-order chi connectivity index (χ0) is 11.0. The van der Waals surface area contributed by atoms with Gasteiger partial charge in [-0.2, -0.15) is 0 Å². The molecule has 0 bridgehead atoms. The van der Waals surface area contributed by atoms with Crippen LogP contribution in [-0.2, 0) is 17.7 Å². The van der Waals surface area contributed by atoms with E-state index in [1.165, 1.54) is 0 Å². The van der Waals surface area contributed by atoms with Gasteiger partial charge in [-0.3, -0.25) is 0 Å². The minimum absolute atomic E-state index is 0.112. The molecule has 0 aromatic heterocycles. The summed E-state index contributed by atoms with van der Waals surface area (Å²) in [4.78, 5) is 0. The summed E-state index contributed by atoms with van der Waals surface area (Å²) in [5.74, 6) is 0. The lowest BCUT2D eigenvalue weighted by molar-refractivity contribution is -0.0198. The van der Waals surface area contributed by atoms with Crippen molar-refractivity contribution in [2.45, 2.75) is 39.2 Å². The highest BCUT2D eigenvalue weighted by molar-refractivity contribution is 6.53. The first-order valence-corrected chi connectivity index (χ1v) is 6.60. The van der Waals surface area contributed by atoms with E-state index in [9.17, 15) is 0 Å². The van der Waals surface area contributed by atoms with E-state index in [2.05, 4.69) is 6.92 Å². The van der Waals surface area contributed by atoms with E-state index in [0.717, 1.165) is 19.3 Å². The molecule has 0 N–H and O–H groups in total. The second kappa shape index (κ2) is 7.36. The standard InChI is InChI=1S/C9H22O4Si/c1-6-7-8-9(2)13-14(10-3,11-4)12-5/h9H,6-8H2,1-5H3. The average molecular weight is 222 g/mol. The van der Waals surface area contributed by atoms with Gasteiger partial charge in [-0.05, 0) is 13.3 Å². The van der Waals surface area contributed by atoms with Gasteiger partial charge in [-0.1, -0.05) is 19.8 Å². The summed E-state index contributed by atoms with van der Waals surface area (Å²) in [5.41, 5.74) is 0. The first-order chi connectivity index (χ1) is 6.64. The SMILES string of the molecule is CCCCC(C)O[Si](OC)(OC)OC. The van der Waals surface area contributed by atoms with Crippen molar-refractivity contribution in [1.29, 1.82) is 0 Å². The molecule has 0 heterocycles. The maximum Gasteiger partial charge on any atom is 0.679 e. The molecule has 0 amide bonds. The molecule has 0 saturated heterocycles. The molecule has 1 unspecified atom stereocenters. The topological polar surface area (TPSA) is 36.9 Å². The summed E-state index contributed by atoms with van der Waals surface area (Å²) in [6, 6.07) is 0. The van der Waals surface area contributed by atoms with Gasteiger partial charge in [0.15, 0.2) is 0 Å². The van der Waals surface area contributed by atoms with Crippen molar-refractivity contribution in [3.63, 3.8) is 0 Å². The van der Waals surface area contributed by atoms with E-state index in [0.29, 0.717) is 0 Å². The van der Waals surface area contributed by atoms with E-state index in [1.807, 2.05) is 6.92 Å². The normalized spacial score (nSPS) is 14.4. The lowest BCUT2D eigenvalue weighted by Crippen LogP contribution is -2.48. The van der Waals surface area contributed by atoms with Gasteiger partial charge in [0.25, 0.3) is 0 Å². The van der Waals surface area contributed by atoms with Gasteiger partial charge in [0, 0.05) is 27.4 Å². The van der Waals surface area contributed by atoms with Gasteiger partial charge in [0.2, 0.25) is 0 Å². The largest absolute Gasteiger partial charge is 0.679 e. The Morgan fingerprint density at radius 2 is 1.57 bits per heavy atom. The maximum atomic E-state index is 5.66. The van der Waals surface area contributed by atoms with Crippen molar-refractivity contribution in [2.24, 2.45) is 0 Å². The summed E-state index contributed by atoms with van der Waals surface area (Å²) in [5, 5.41) is 0. The first-order valence-electron chi connectivity index (χ1n) is 4.97. The molecule has 1 atom stereocenters. The second-order valence-electron chi connectivity index (χ2n) is 3.18. The lowest BCUT2D eigenvalue weighted by Gasteiger charge is -2.26. The van der Waals surface area contributed by atoms with Crippen molar-refractivity contribution in [2.75, 3.05) is 21.3 Å². The van der Waals surface area contributed by atoms with E-state index >= 15 is 0 Å². The molecule has 0 radical (unpaired) electrons. The van der Waals surface area contributed by atoms with Gasteiger partial charge in [0.1, 0.15) is 0 Å². The third kappa shape index (κ3) is 4.52. The monoisotopic (exact) mass is 222 g/mol. The Kier molecular flexibility index (Phi) is 7.39. The second-order valence-corrected chi connectivity index (χ2v) is 5.64. The van der Waals surface area contributed by atoms with Crippen LogP contribution < -0.4 is 0 Å². The number of hydrogen-bond acceptors (Lipinski definition) is 4. The molecule has 14 heavy (non-hydrogen) atoms. The van der Waals surface area contributed by atoms with Gasteiger partial charge >= 0.3 is 9.05 Å². The summed E-state index contributed by atoms with van der Waals surface area (Å²) in [6.07, 6.45) is 3.42. The van der Waals surface area contributed by atoms with Gasteiger partial charge in [-0.15, -0.1) is 0 Å². The van der Waals surface area contributed by atoms with Crippen LogP contribution in [0.2, 0.25) is 0 Å². The molecule has 0 aliphatic heterocycles. The third-order valence-corrected chi connectivity index (χ3v) is 4.25. The van der Waals surface area contributed by atoms with Crippen LogP contribution >= 0.6 is 0 Å². The molecule has 4 nitrogen and oxygen atoms in total. The predicted molar refractivity (Wildman–Crippen MR) is 56.9 cm³/mol. The van der Waals surface area contributed by atoms with E-state index < -0.39 is 9.05 Å². The van der Waals surface area contributed by atoms with Crippen molar-refractivity contribution in [3.05, 3.63) is 0 Å². The molecular weight excluding hydrogens is 200 g/mol. The molecular formula is C9H22O4Si. The van der Waals surface area contributed by atoms with Crippen LogP contribution in [0.5, 0.6) is 0 Å². The number of unbranched alkanes of at least 4 members (excludes halogenated alkanes) is 1. The van der Waals surface area contributed by atoms with Gasteiger partial charge in [-0.25, -0.2) is 0 Å². The van der Waals surface area contributed by atoms with Crippen molar-refractivity contribution in [3.8, 4) is 0 Å². The van der Waals surface area contributed by atoms with E-state index in [4.69, 9.17) is 17.7 Å². The third-order valence-electron chi connectivity index (χ3n) is 2.06. The highest BCUT2D eigenvalue weighted by Gasteiger charge is 2.43. The van der Waals surface area contributed by atoms with Crippen molar-refractivity contribution >= 4 is 9.05 Å². The van der Waals surface area contributed by atoms with Crippen LogP contribution in [0, 0.1) is 0 Å². The van der Waals surface area contributed by atoms with Crippen LogP contribution in [0.25, 0.3) is 0 Å². The molecule has 0 aromatic carbocycles. The Hall–Kier alpha value is 0.0569. The summed E-state index contributed by atoms with van der Waals surface area (Å²) >= 11 is 0. The summed E-state index contributed by atoms with van der Waals surface area (Å²) in [7, 11) is 1.81. The molecule has 0 aromatic rings. The highest BCUT2D eigenvalue weighted by atomic mass is 28.4. The van der Waals surface area contributed by atoms with E-state index in [-0.39, 0.29) is 6.10 Å². The van der Waals surface area contributed by atoms with Crippen molar-refractivity contribution < 1.29 is 17.7 Å². The Morgan fingerprint density at radius 3 is 1.93 bits per heavy atom. The lowest BCUT2D eigenvalue weighted by atomic mass is 10.2. The minimum Gasteiger partial charge on any atom is -0.355 e. The van der Waals surface area contributed by atoms with Crippen LogP contribution in [0.15, 0.2) is 0 Å². The Labute approximate surface area is 88.0 Å². The highest BCUT2D eigenvalue weighted by Crippen LogP contribution is 2.14. The predicted octanol–water partition coefficient (Wildman–Crippen LogP) is 1.96. The molecule has 0 aliphatic carbocycles. The molecule has 0 rings (SSSR count). The maximum absolute atomic E-state index is 5.66. The number of rotatable bonds is 8. The molecule has 0 fully saturated rings. The molecule has 86 valence electrons. The average Bonchev–Trinajstić information content (AvgIpc) is 2.23. The fourth-order valence-electron chi connectivity index (χ4n) is 1.19. The Balaban J connectivity index is 4.01.